The summed E-state index contributed by atoms with van der Waals surface area (Å²) >= 11 is 0. The van der Waals surface area contributed by atoms with Gasteiger partial charge in [-0.25, -0.2) is 19.2 Å². The van der Waals surface area contributed by atoms with Crippen molar-refractivity contribution in [1.82, 2.24) is 24.3 Å². The maximum atomic E-state index is 15.4. The Balaban J connectivity index is 1.58. The fourth-order valence-electron chi connectivity index (χ4n) is 4.95. The average Bonchev–Trinajstić information content (AvgIpc) is 3.34. The Labute approximate surface area is 250 Å². The number of esters is 1. The van der Waals surface area contributed by atoms with Crippen LogP contribution in [0.25, 0.3) is 21.9 Å². The van der Waals surface area contributed by atoms with Gasteiger partial charge in [-0.15, -0.1) is 0 Å². The van der Waals surface area contributed by atoms with E-state index in [-0.39, 0.29) is 36.9 Å². The lowest BCUT2D eigenvalue weighted by Gasteiger charge is -2.25. The van der Waals surface area contributed by atoms with E-state index in [9.17, 15) is 9.59 Å². The van der Waals surface area contributed by atoms with Gasteiger partial charge in [-0.3, -0.25) is 4.79 Å². The molecule has 1 amide bonds. The number of rotatable bonds is 15. The summed E-state index contributed by atoms with van der Waals surface area (Å²) in [6, 6.07) is 12.5. The third-order valence-corrected chi connectivity index (χ3v) is 6.89. The number of fused-ring (bicyclic) bond motifs is 3. The number of ether oxygens (including phenoxy) is 3. The van der Waals surface area contributed by atoms with Crippen molar-refractivity contribution >= 4 is 39.6 Å². The molecule has 0 fully saturated rings. The number of benzene rings is 2. The summed E-state index contributed by atoms with van der Waals surface area (Å²) in [4.78, 5) is 37.7. The van der Waals surface area contributed by atoms with Gasteiger partial charge in [0.25, 0.3) is 0 Å². The van der Waals surface area contributed by atoms with E-state index in [1.807, 2.05) is 38.4 Å². The number of carbonyl (C=O) groups excluding carboxylic acids is 2. The molecule has 43 heavy (non-hydrogen) atoms. The summed E-state index contributed by atoms with van der Waals surface area (Å²) < 4.78 is 33.1. The van der Waals surface area contributed by atoms with Gasteiger partial charge in [0.15, 0.2) is 24.0 Å². The van der Waals surface area contributed by atoms with Crippen LogP contribution in [0, 0.1) is 5.82 Å². The molecule has 230 valence electrons. The third kappa shape index (κ3) is 7.76. The number of nitrogen functional groups attached to an aromatic ring is 1. The summed E-state index contributed by atoms with van der Waals surface area (Å²) in [5, 5.41) is 0.935. The molecular weight excluding hydrogens is 555 g/mol. The van der Waals surface area contributed by atoms with Crippen molar-refractivity contribution in [2.24, 2.45) is 0 Å². The predicted molar refractivity (Wildman–Crippen MR) is 162 cm³/mol. The number of nitrogens with zero attached hydrogens (tertiary/aromatic N) is 5. The van der Waals surface area contributed by atoms with Gasteiger partial charge in [-0.1, -0.05) is 30.3 Å². The van der Waals surface area contributed by atoms with Crippen LogP contribution in [0.15, 0.2) is 42.5 Å². The van der Waals surface area contributed by atoms with Gasteiger partial charge in [0.1, 0.15) is 11.3 Å². The molecule has 0 atom stereocenters. The smallest absolute Gasteiger partial charge is 0.344 e. The van der Waals surface area contributed by atoms with Gasteiger partial charge in [0.2, 0.25) is 5.91 Å². The highest BCUT2D eigenvalue weighted by atomic mass is 19.1. The first-order chi connectivity index (χ1) is 20.7. The molecule has 0 spiro atoms. The van der Waals surface area contributed by atoms with Crippen molar-refractivity contribution in [2.75, 3.05) is 59.8 Å². The molecule has 12 heteroatoms. The van der Waals surface area contributed by atoms with Gasteiger partial charge in [0.05, 0.1) is 30.8 Å². The molecule has 0 saturated heterocycles. The number of nitrogens with two attached hydrogens (primary N) is 1. The van der Waals surface area contributed by atoms with Crippen LogP contribution in [0.3, 0.4) is 0 Å². The summed E-state index contributed by atoms with van der Waals surface area (Å²) in [5.74, 6) is -0.254. The Morgan fingerprint density at radius 2 is 1.88 bits per heavy atom. The van der Waals surface area contributed by atoms with E-state index in [1.54, 1.807) is 36.0 Å². The summed E-state index contributed by atoms with van der Waals surface area (Å²) in [6.45, 7) is 3.07. The van der Waals surface area contributed by atoms with E-state index in [2.05, 4.69) is 9.55 Å². The van der Waals surface area contributed by atoms with Crippen molar-refractivity contribution in [3.05, 3.63) is 59.7 Å². The standard InChI is InChI=1S/C31H39FN6O5/c1-5-42-27(40)20-43-24-13-8-10-21(28(24)32)18-37(26(39)19-36(2)3)15-9-16-38-25(14-17-41-4)35-29-30(38)22-11-6-7-12-23(22)34-31(29)33/h6-8,10-13H,5,9,14-20H2,1-4H3,(H2,33,34). The Bertz CT molecular complexity index is 1570. The van der Waals surface area contributed by atoms with Crippen LogP contribution < -0.4 is 10.5 Å². The number of hydrogen-bond donors (Lipinski definition) is 1. The minimum atomic E-state index is -0.619. The predicted octanol–water partition coefficient (Wildman–Crippen LogP) is 3.42. The number of likely N-dealkylation sites (N-methyl/N-ethyl adjacent to an activating group) is 1. The fraction of sp³-hybridized carbons (Fsp3) is 0.419. The summed E-state index contributed by atoms with van der Waals surface area (Å²) in [7, 11) is 5.26. The number of carbonyl (C=O) groups is 2. The monoisotopic (exact) mass is 594 g/mol. The molecule has 4 rings (SSSR count). The van der Waals surface area contributed by atoms with E-state index >= 15 is 4.39 Å². The number of hydrogen-bond acceptors (Lipinski definition) is 9. The van der Waals surface area contributed by atoms with Crippen molar-refractivity contribution < 1.29 is 28.2 Å². The number of aromatic nitrogens is 3. The minimum absolute atomic E-state index is 0.0378. The Kier molecular flexibility index (Phi) is 10.8. The summed E-state index contributed by atoms with van der Waals surface area (Å²) in [5.41, 5.74) is 8.89. The Hall–Kier alpha value is -4.29. The first-order valence-electron chi connectivity index (χ1n) is 14.2. The van der Waals surface area contributed by atoms with Crippen LogP contribution in [0.4, 0.5) is 10.2 Å². The molecule has 0 aliphatic heterocycles. The van der Waals surface area contributed by atoms with Crippen LogP contribution >= 0.6 is 0 Å². The molecule has 0 radical (unpaired) electrons. The van der Waals surface area contributed by atoms with Crippen LogP contribution in [0.1, 0.15) is 24.7 Å². The zero-order valence-corrected chi connectivity index (χ0v) is 25.1. The molecule has 0 bridgehead atoms. The number of methoxy groups -OCH3 is 1. The normalized spacial score (nSPS) is 11.4. The quantitative estimate of drug-likeness (QED) is 0.206. The number of pyridine rings is 1. The molecular formula is C31H39FN6O5. The van der Waals surface area contributed by atoms with E-state index in [0.29, 0.717) is 43.9 Å². The second-order valence-electron chi connectivity index (χ2n) is 10.4. The summed E-state index contributed by atoms with van der Waals surface area (Å²) in [6.07, 6.45) is 1.15. The Morgan fingerprint density at radius 1 is 1.09 bits per heavy atom. The van der Waals surface area contributed by atoms with Crippen LogP contribution in [0.2, 0.25) is 0 Å². The second-order valence-corrected chi connectivity index (χ2v) is 10.4. The highest BCUT2D eigenvalue weighted by Crippen LogP contribution is 2.29. The van der Waals surface area contributed by atoms with Crippen LogP contribution in [0.5, 0.6) is 5.75 Å². The highest BCUT2D eigenvalue weighted by molar-refractivity contribution is 6.06. The van der Waals surface area contributed by atoms with Crippen molar-refractivity contribution in [2.45, 2.75) is 32.9 Å². The van der Waals surface area contributed by atoms with E-state index in [0.717, 1.165) is 22.2 Å². The third-order valence-electron chi connectivity index (χ3n) is 6.89. The second kappa shape index (κ2) is 14.7. The number of amides is 1. The van der Waals surface area contributed by atoms with E-state index < -0.39 is 18.4 Å². The molecule has 0 aliphatic rings. The lowest BCUT2D eigenvalue weighted by molar-refractivity contribution is -0.145. The van der Waals surface area contributed by atoms with E-state index in [1.165, 1.54) is 6.07 Å². The number of halogens is 1. The number of anilines is 1. The first-order valence-corrected chi connectivity index (χ1v) is 14.2. The molecule has 11 nitrogen and oxygen atoms in total. The zero-order chi connectivity index (χ0) is 30.9. The molecule has 0 aliphatic carbocycles. The van der Waals surface area contributed by atoms with Crippen LogP contribution in [-0.4, -0.2) is 90.3 Å². The lowest BCUT2D eigenvalue weighted by atomic mass is 10.1. The molecule has 2 aromatic carbocycles. The fourth-order valence-corrected chi connectivity index (χ4v) is 4.95. The SMILES string of the molecule is CCOC(=O)COc1cccc(CN(CCCn2c(CCOC)nc3c(N)nc4ccccc4c32)C(=O)CN(C)C)c1F. The number of para-hydroxylation sites is 1. The van der Waals surface area contributed by atoms with Gasteiger partial charge >= 0.3 is 5.97 Å². The molecule has 4 aromatic rings. The lowest BCUT2D eigenvalue weighted by Crippen LogP contribution is -2.38. The highest BCUT2D eigenvalue weighted by Gasteiger charge is 2.21. The molecule has 2 aromatic heterocycles. The minimum Gasteiger partial charge on any atom is -0.479 e. The van der Waals surface area contributed by atoms with Gasteiger partial charge < -0.3 is 34.3 Å². The molecule has 2 N–H and O–H groups in total. The number of aryl methyl sites for hydroxylation is 1. The van der Waals surface area contributed by atoms with E-state index in [4.69, 9.17) is 24.9 Å². The van der Waals surface area contributed by atoms with Crippen molar-refractivity contribution in [3.8, 4) is 5.75 Å². The first kappa shape index (κ1) is 31.6. The molecule has 2 heterocycles. The van der Waals surface area contributed by atoms with Crippen molar-refractivity contribution in [1.29, 1.82) is 0 Å². The topological polar surface area (TPSA) is 125 Å². The average molecular weight is 595 g/mol. The van der Waals surface area contributed by atoms with Crippen molar-refractivity contribution in [3.63, 3.8) is 0 Å². The number of imidazole rings is 1. The van der Waals surface area contributed by atoms with Crippen LogP contribution in [-0.2, 0) is 38.6 Å². The van der Waals surface area contributed by atoms with Gasteiger partial charge in [-0.2, -0.15) is 0 Å². The maximum Gasteiger partial charge on any atom is 0.344 e. The van der Waals surface area contributed by atoms with Gasteiger partial charge in [-0.05, 0) is 39.6 Å². The Morgan fingerprint density at radius 3 is 2.63 bits per heavy atom. The maximum absolute atomic E-state index is 15.4. The zero-order valence-electron chi connectivity index (χ0n) is 25.1. The molecule has 0 unspecified atom stereocenters. The van der Waals surface area contributed by atoms with Gasteiger partial charge in [0, 0.05) is 44.1 Å². The largest absolute Gasteiger partial charge is 0.479 e. The molecule has 0 saturated carbocycles.